The van der Waals surface area contributed by atoms with Gasteiger partial charge in [-0.2, -0.15) is 0 Å². The first-order valence-electron chi connectivity index (χ1n) is 5.80. The van der Waals surface area contributed by atoms with Crippen LogP contribution in [0.25, 0.3) is 0 Å². The highest BCUT2D eigenvalue weighted by Crippen LogP contribution is 2.18. The molecule has 16 heavy (non-hydrogen) atoms. The van der Waals surface area contributed by atoms with Crippen LogP contribution in [0.4, 0.5) is 0 Å². The molecule has 1 heterocycles. The van der Waals surface area contributed by atoms with Crippen molar-refractivity contribution in [2.45, 2.75) is 32.7 Å². The Bertz CT molecular complexity index is 262. The van der Waals surface area contributed by atoms with Crippen molar-refractivity contribution in [3.8, 4) is 0 Å². The maximum Gasteiger partial charge on any atom is 0.309 e. The van der Waals surface area contributed by atoms with Crippen LogP contribution >= 0.6 is 0 Å². The number of carboxylic acids is 1. The van der Waals surface area contributed by atoms with Crippen LogP contribution in [-0.4, -0.2) is 47.6 Å². The maximum atomic E-state index is 11.6. The zero-order valence-corrected chi connectivity index (χ0v) is 9.90. The minimum Gasteiger partial charge on any atom is -0.481 e. The van der Waals surface area contributed by atoms with E-state index in [1.165, 1.54) is 0 Å². The summed E-state index contributed by atoms with van der Waals surface area (Å²) in [6.07, 6.45) is 2.04. The molecule has 0 bridgehead atoms. The van der Waals surface area contributed by atoms with E-state index in [2.05, 4.69) is 12.2 Å². The number of carboxylic acid groups (broad SMARTS) is 1. The first kappa shape index (κ1) is 13.0. The smallest absolute Gasteiger partial charge is 0.309 e. The molecule has 92 valence electrons. The molecule has 1 saturated heterocycles. The van der Waals surface area contributed by atoms with Gasteiger partial charge in [0, 0.05) is 19.6 Å². The van der Waals surface area contributed by atoms with Crippen LogP contribution in [0.15, 0.2) is 0 Å². The van der Waals surface area contributed by atoms with Gasteiger partial charge in [0.15, 0.2) is 0 Å². The molecule has 1 unspecified atom stereocenters. The Kier molecular flexibility index (Phi) is 4.73. The van der Waals surface area contributed by atoms with Gasteiger partial charge < -0.3 is 10.4 Å². The van der Waals surface area contributed by atoms with Crippen molar-refractivity contribution < 1.29 is 14.7 Å². The molecule has 0 aromatic heterocycles. The number of nitrogens with zero attached hydrogens (tertiary/aromatic N) is 1. The molecule has 5 heteroatoms. The van der Waals surface area contributed by atoms with E-state index in [1.807, 2.05) is 11.8 Å². The van der Waals surface area contributed by atoms with Crippen molar-refractivity contribution in [1.82, 2.24) is 10.2 Å². The van der Waals surface area contributed by atoms with E-state index in [0.717, 1.165) is 12.8 Å². The molecule has 0 saturated carbocycles. The third kappa shape index (κ3) is 3.20. The molecule has 5 nitrogen and oxygen atoms in total. The van der Waals surface area contributed by atoms with Gasteiger partial charge in [-0.25, -0.2) is 0 Å². The van der Waals surface area contributed by atoms with Crippen molar-refractivity contribution in [3.05, 3.63) is 0 Å². The van der Waals surface area contributed by atoms with Crippen molar-refractivity contribution in [2.75, 3.05) is 19.6 Å². The largest absolute Gasteiger partial charge is 0.481 e. The van der Waals surface area contributed by atoms with Crippen LogP contribution in [0.5, 0.6) is 0 Å². The lowest BCUT2D eigenvalue weighted by Gasteiger charge is -2.40. The molecule has 1 rings (SSSR count). The predicted octanol–water partition coefficient (Wildman–Crippen LogP) is 0.308. The molecule has 0 aromatic rings. The van der Waals surface area contributed by atoms with E-state index in [0.29, 0.717) is 19.6 Å². The normalized spacial score (nSPS) is 18.9. The average molecular weight is 228 g/mol. The van der Waals surface area contributed by atoms with Crippen molar-refractivity contribution in [3.63, 3.8) is 0 Å². The quantitative estimate of drug-likeness (QED) is 0.642. The number of nitrogens with one attached hydrogen (secondary N) is 1. The summed E-state index contributed by atoms with van der Waals surface area (Å²) in [6.45, 7) is 5.56. The molecule has 1 amide bonds. The van der Waals surface area contributed by atoms with Gasteiger partial charge in [-0.15, -0.1) is 0 Å². The standard InChI is InChI=1S/C11H20N2O3/c1-3-4-5-12-10(14)8(2)13-6-9(7-13)11(15)16/h8-9H,3-7H2,1-2H3,(H,12,14)(H,15,16). The third-order valence-electron chi connectivity index (χ3n) is 3.02. The van der Waals surface area contributed by atoms with Crippen LogP contribution in [-0.2, 0) is 9.59 Å². The Balaban J connectivity index is 2.23. The van der Waals surface area contributed by atoms with E-state index >= 15 is 0 Å². The Morgan fingerprint density at radius 1 is 1.50 bits per heavy atom. The lowest BCUT2D eigenvalue weighted by Crippen LogP contribution is -2.58. The summed E-state index contributed by atoms with van der Waals surface area (Å²) < 4.78 is 0. The first-order valence-corrected chi connectivity index (χ1v) is 5.80. The molecule has 0 radical (unpaired) electrons. The molecular weight excluding hydrogens is 208 g/mol. The second-order valence-electron chi connectivity index (χ2n) is 4.31. The van der Waals surface area contributed by atoms with Crippen LogP contribution in [0, 0.1) is 5.92 Å². The Morgan fingerprint density at radius 3 is 2.62 bits per heavy atom. The highest BCUT2D eigenvalue weighted by atomic mass is 16.4. The van der Waals surface area contributed by atoms with E-state index in [-0.39, 0.29) is 17.9 Å². The molecule has 1 atom stereocenters. The number of likely N-dealkylation sites (tertiary alicyclic amines) is 1. The Hall–Kier alpha value is -1.10. The summed E-state index contributed by atoms with van der Waals surface area (Å²) in [5.41, 5.74) is 0. The van der Waals surface area contributed by atoms with Crippen LogP contribution in [0.1, 0.15) is 26.7 Å². The zero-order chi connectivity index (χ0) is 12.1. The summed E-state index contributed by atoms with van der Waals surface area (Å²) in [4.78, 5) is 24.1. The molecule has 0 aromatic carbocycles. The van der Waals surface area contributed by atoms with E-state index in [4.69, 9.17) is 5.11 Å². The van der Waals surface area contributed by atoms with Gasteiger partial charge in [0.1, 0.15) is 0 Å². The number of carbonyl (C=O) groups excluding carboxylic acids is 1. The number of hydrogen-bond donors (Lipinski definition) is 2. The lowest BCUT2D eigenvalue weighted by molar-refractivity contribution is -0.150. The van der Waals surface area contributed by atoms with Gasteiger partial charge in [-0.05, 0) is 13.3 Å². The first-order chi connectivity index (χ1) is 7.56. The van der Waals surface area contributed by atoms with E-state index in [1.54, 1.807) is 0 Å². The summed E-state index contributed by atoms with van der Waals surface area (Å²) in [7, 11) is 0. The van der Waals surface area contributed by atoms with Crippen LogP contribution < -0.4 is 5.32 Å². The van der Waals surface area contributed by atoms with Crippen molar-refractivity contribution in [1.29, 1.82) is 0 Å². The summed E-state index contributed by atoms with van der Waals surface area (Å²) in [6, 6.07) is -0.215. The fourth-order valence-electron chi connectivity index (χ4n) is 1.69. The summed E-state index contributed by atoms with van der Waals surface area (Å²) in [5.74, 6) is -1.07. The average Bonchev–Trinajstić information content (AvgIpc) is 2.14. The Labute approximate surface area is 95.8 Å². The number of unbranched alkanes of at least 4 members (excludes halogenated alkanes) is 1. The molecule has 0 spiro atoms. The molecule has 0 aliphatic carbocycles. The fraction of sp³-hybridized carbons (Fsp3) is 0.818. The van der Waals surface area contributed by atoms with Gasteiger partial charge in [0.25, 0.3) is 0 Å². The number of hydrogen-bond acceptors (Lipinski definition) is 3. The molecule has 2 N–H and O–H groups in total. The highest BCUT2D eigenvalue weighted by molar-refractivity contribution is 5.82. The molecule has 1 aliphatic heterocycles. The SMILES string of the molecule is CCCCNC(=O)C(C)N1CC(C(=O)O)C1. The van der Waals surface area contributed by atoms with Gasteiger partial charge in [-0.3, -0.25) is 14.5 Å². The van der Waals surface area contributed by atoms with Crippen molar-refractivity contribution in [2.24, 2.45) is 5.92 Å². The third-order valence-corrected chi connectivity index (χ3v) is 3.02. The number of aliphatic carboxylic acids is 1. The molecular formula is C11H20N2O3. The fourth-order valence-corrected chi connectivity index (χ4v) is 1.69. The second-order valence-corrected chi connectivity index (χ2v) is 4.31. The van der Waals surface area contributed by atoms with E-state index in [9.17, 15) is 9.59 Å². The number of carbonyl (C=O) groups is 2. The highest BCUT2D eigenvalue weighted by Gasteiger charge is 2.37. The number of rotatable bonds is 6. The second kappa shape index (κ2) is 5.84. The summed E-state index contributed by atoms with van der Waals surface area (Å²) >= 11 is 0. The molecule has 1 fully saturated rings. The topological polar surface area (TPSA) is 69.6 Å². The monoisotopic (exact) mass is 228 g/mol. The lowest BCUT2D eigenvalue weighted by atomic mass is 9.98. The molecule has 1 aliphatic rings. The minimum atomic E-state index is -0.769. The van der Waals surface area contributed by atoms with Crippen LogP contribution in [0.3, 0.4) is 0 Å². The van der Waals surface area contributed by atoms with Gasteiger partial charge in [0.2, 0.25) is 5.91 Å². The summed E-state index contributed by atoms with van der Waals surface area (Å²) in [5, 5.41) is 11.6. The van der Waals surface area contributed by atoms with Crippen molar-refractivity contribution >= 4 is 11.9 Å². The zero-order valence-electron chi connectivity index (χ0n) is 9.90. The maximum absolute atomic E-state index is 11.6. The predicted molar refractivity (Wildman–Crippen MR) is 60.1 cm³/mol. The van der Waals surface area contributed by atoms with Crippen LogP contribution in [0.2, 0.25) is 0 Å². The van der Waals surface area contributed by atoms with Gasteiger partial charge >= 0.3 is 5.97 Å². The number of amides is 1. The van der Waals surface area contributed by atoms with E-state index < -0.39 is 5.97 Å². The Morgan fingerprint density at radius 2 is 2.12 bits per heavy atom. The van der Waals surface area contributed by atoms with Gasteiger partial charge in [-0.1, -0.05) is 13.3 Å². The minimum absolute atomic E-state index is 0.00251. The van der Waals surface area contributed by atoms with Gasteiger partial charge in [0.05, 0.1) is 12.0 Å².